The minimum Gasteiger partial charge on any atom is -0.489 e. The molecule has 1 rings (SSSR count). The molecule has 1 aromatic rings. The van der Waals surface area contributed by atoms with Gasteiger partial charge in [-0.15, -0.1) is 0 Å². The molecule has 0 saturated heterocycles. The molecule has 0 unspecified atom stereocenters. The fourth-order valence-electron chi connectivity index (χ4n) is 1.67. The maximum atomic E-state index is 6.14. The largest absolute Gasteiger partial charge is 0.489 e. The molecule has 1 aromatic carbocycles. The first kappa shape index (κ1) is 16.6. The molecular formula is C14H21Cl2NO2. The van der Waals surface area contributed by atoms with Gasteiger partial charge in [0, 0.05) is 11.6 Å². The Labute approximate surface area is 125 Å². The normalized spacial score (nSPS) is 10.7. The highest BCUT2D eigenvalue weighted by atomic mass is 35.5. The first-order valence-corrected chi connectivity index (χ1v) is 7.33. The zero-order valence-electron chi connectivity index (χ0n) is 11.3. The number of benzene rings is 1. The SMILES string of the molecule is CCCCOCCOc1c(Cl)cc(Cl)cc1CCN. The van der Waals surface area contributed by atoms with Crippen LogP contribution in [0.3, 0.4) is 0 Å². The van der Waals surface area contributed by atoms with Crippen LogP contribution < -0.4 is 10.5 Å². The van der Waals surface area contributed by atoms with Gasteiger partial charge in [0.25, 0.3) is 0 Å². The second-order valence-corrected chi connectivity index (χ2v) is 5.07. The lowest BCUT2D eigenvalue weighted by molar-refractivity contribution is 0.0978. The number of ether oxygens (including phenoxy) is 2. The first-order chi connectivity index (χ1) is 9.19. The van der Waals surface area contributed by atoms with Gasteiger partial charge in [-0.3, -0.25) is 0 Å². The zero-order chi connectivity index (χ0) is 14.1. The summed E-state index contributed by atoms with van der Waals surface area (Å²) in [6.07, 6.45) is 2.89. The fourth-order valence-corrected chi connectivity index (χ4v) is 2.26. The van der Waals surface area contributed by atoms with E-state index in [0.29, 0.717) is 42.0 Å². The van der Waals surface area contributed by atoms with Gasteiger partial charge < -0.3 is 15.2 Å². The third-order valence-corrected chi connectivity index (χ3v) is 3.11. The monoisotopic (exact) mass is 305 g/mol. The van der Waals surface area contributed by atoms with Crippen LogP contribution in [0.4, 0.5) is 0 Å². The van der Waals surface area contributed by atoms with Gasteiger partial charge in [0.15, 0.2) is 0 Å². The maximum absolute atomic E-state index is 6.14. The highest BCUT2D eigenvalue weighted by molar-refractivity contribution is 6.35. The lowest BCUT2D eigenvalue weighted by Gasteiger charge is -2.13. The summed E-state index contributed by atoms with van der Waals surface area (Å²) >= 11 is 12.1. The Morgan fingerprint density at radius 3 is 2.63 bits per heavy atom. The van der Waals surface area contributed by atoms with E-state index in [0.717, 1.165) is 25.0 Å². The number of hydrogen-bond acceptors (Lipinski definition) is 3. The number of halogens is 2. The third-order valence-electron chi connectivity index (χ3n) is 2.62. The molecular weight excluding hydrogens is 285 g/mol. The Morgan fingerprint density at radius 2 is 1.95 bits per heavy atom. The second-order valence-electron chi connectivity index (χ2n) is 4.23. The first-order valence-electron chi connectivity index (χ1n) is 6.57. The van der Waals surface area contributed by atoms with Crippen molar-refractivity contribution in [3.05, 3.63) is 27.7 Å². The van der Waals surface area contributed by atoms with Crippen molar-refractivity contribution < 1.29 is 9.47 Å². The average Bonchev–Trinajstić information content (AvgIpc) is 2.36. The van der Waals surface area contributed by atoms with Crippen LogP contribution in [0.5, 0.6) is 5.75 Å². The van der Waals surface area contributed by atoms with Gasteiger partial charge in [-0.05, 0) is 37.1 Å². The Hall–Kier alpha value is -0.480. The Balaban J connectivity index is 2.51. The van der Waals surface area contributed by atoms with E-state index in [4.69, 9.17) is 38.4 Å². The zero-order valence-corrected chi connectivity index (χ0v) is 12.8. The topological polar surface area (TPSA) is 44.5 Å². The van der Waals surface area contributed by atoms with Gasteiger partial charge in [-0.25, -0.2) is 0 Å². The van der Waals surface area contributed by atoms with Crippen molar-refractivity contribution in [2.75, 3.05) is 26.4 Å². The van der Waals surface area contributed by atoms with Crippen LogP contribution >= 0.6 is 23.2 Å². The smallest absolute Gasteiger partial charge is 0.141 e. The molecule has 0 atom stereocenters. The van der Waals surface area contributed by atoms with Crippen LogP contribution in [0, 0.1) is 0 Å². The summed E-state index contributed by atoms with van der Waals surface area (Å²) in [6.45, 7) is 4.46. The van der Waals surface area contributed by atoms with E-state index < -0.39 is 0 Å². The number of hydrogen-bond donors (Lipinski definition) is 1. The molecule has 19 heavy (non-hydrogen) atoms. The predicted octanol–water partition coefficient (Wildman–Crippen LogP) is 3.69. The van der Waals surface area contributed by atoms with Gasteiger partial charge in [0.1, 0.15) is 12.4 Å². The number of rotatable bonds is 9. The van der Waals surface area contributed by atoms with Gasteiger partial charge in [0.2, 0.25) is 0 Å². The summed E-state index contributed by atoms with van der Waals surface area (Å²) in [6, 6.07) is 3.52. The van der Waals surface area contributed by atoms with Crippen molar-refractivity contribution in [1.82, 2.24) is 0 Å². The summed E-state index contributed by atoms with van der Waals surface area (Å²) in [5, 5.41) is 1.12. The molecule has 0 radical (unpaired) electrons. The van der Waals surface area contributed by atoms with Crippen molar-refractivity contribution in [2.45, 2.75) is 26.2 Å². The predicted molar refractivity (Wildman–Crippen MR) is 80.4 cm³/mol. The van der Waals surface area contributed by atoms with Gasteiger partial charge >= 0.3 is 0 Å². The molecule has 5 heteroatoms. The Morgan fingerprint density at radius 1 is 1.16 bits per heavy atom. The molecule has 0 fully saturated rings. The Kier molecular flexibility index (Phi) is 8.22. The fraction of sp³-hybridized carbons (Fsp3) is 0.571. The van der Waals surface area contributed by atoms with Crippen LogP contribution in [0.2, 0.25) is 10.0 Å². The highest BCUT2D eigenvalue weighted by Gasteiger charge is 2.10. The summed E-state index contributed by atoms with van der Waals surface area (Å²) < 4.78 is 11.1. The van der Waals surface area contributed by atoms with Gasteiger partial charge in [-0.1, -0.05) is 36.5 Å². The molecule has 108 valence electrons. The standard InChI is InChI=1S/C14H21Cl2NO2/c1-2-3-6-18-7-8-19-14-11(4-5-17)9-12(15)10-13(14)16/h9-10H,2-8,17H2,1H3. The van der Waals surface area contributed by atoms with E-state index in [1.807, 2.05) is 6.07 Å². The molecule has 0 aliphatic carbocycles. The van der Waals surface area contributed by atoms with Crippen molar-refractivity contribution in [3.8, 4) is 5.75 Å². The lowest BCUT2D eigenvalue weighted by Crippen LogP contribution is -2.10. The summed E-state index contributed by atoms with van der Waals surface area (Å²) in [7, 11) is 0. The van der Waals surface area contributed by atoms with E-state index in [-0.39, 0.29) is 0 Å². The van der Waals surface area contributed by atoms with E-state index >= 15 is 0 Å². The number of unbranched alkanes of at least 4 members (excludes halogenated alkanes) is 1. The van der Waals surface area contributed by atoms with Gasteiger partial charge in [0.05, 0.1) is 11.6 Å². The molecule has 0 amide bonds. The van der Waals surface area contributed by atoms with Crippen molar-refractivity contribution in [1.29, 1.82) is 0 Å². The van der Waals surface area contributed by atoms with Crippen molar-refractivity contribution in [2.24, 2.45) is 5.73 Å². The maximum Gasteiger partial charge on any atom is 0.141 e. The molecule has 0 spiro atoms. The van der Waals surface area contributed by atoms with Gasteiger partial charge in [-0.2, -0.15) is 0 Å². The van der Waals surface area contributed by atoms with Crippen LogP contribution in [0.25, 0.3) is 0 Å². The van der Waals surface area contributed by atoms with Crippen LogP contribution in [-0.2, 0) is 11.2 Å². The average molecular weight is 306 g/mol. The van der Waals surface area contributed by atoms with Crippen LogP contribution in [0.1, 0.15) is 25.3 Å². The van der Waals surface area contributed by atoms with Crippen molar-refractivity contribution in [3.63, 3.8) is 0 Å². The minimum atomic E-state index is 0.475. The van der Waals surface area contributed by atoms with Crippen LogP contribution in [0.15, 0.2) is 12.1 Å². The summed E-state index contributed by atoms with van der Waals surface area (Å²) in [5.41, 5.74) is 6.51. The molecule has 0 aromatic heterocycles. The van der Waals surface area contributed by atoms with E-state index in [9.17, 15) is 0 Å². The highest BCUT2D eigenvalue weighted by Crippen LogP contribution is 2.32. The van der Waals surface area contributed by atoms with E-state index in [1.54, 1.807) is 6.07 Å². The quantitative estimate of drug-likeness (QED) is 0.708. The molecule has 0 saturated carbocycles. The second kappa shape index (κ2) is 9.43. The summed E-state index contributed by atoms with van der Waals surface area (Å²) in [4.78, 5) is 0. The minimum absolute atomic E-state index is 0.475. The molecule has 0 aliphatic heterocycles. The molecule has 2 N–H and O–H groups in total. The van der Waals surface area contributed by atoms with Crippen LogP contribution in [-0.4, -0.2) is 26.4 Å². The molecule has 3 nitrogen and oxygen atoms in total. The lowest BCUT2D eigenvalue weighted by atomic mass is 10.1. The number of nitrogens with two attached hydrogens (primary N) is 1. The van der Waals surface area contributed by atoms with E-state index in [2.05, 4.69) is 6.92 Å². The molecule has 0 aliphatic rings. The van der Waals surface area contributed by atoms with Crippen molar-refractivity contribution >= 4 is 23.2 Å². The van der Waals surface area contributed by atoms with E-state index in [1.165, 1.54) is 0 Å². The Bertz CT molecular complexity index is 386. The molecule has 0 heterocycles. The third kappa shape index (κ3) is 6.00. The summed E-state index contributed by atoms with van der Waals surface area (Å²) in [5.74, 6) is 0.663. The molecule has 0 bridgehead atoms.